The van der Waals surface area contributed by atoms with E-state index in [1.54, 1.807) is 0 Å². The van der Waals surface area contributed by atoms with Crippen LogP contribution in [0.4, 0.5) is 17.6 Å². The lowest BCUT2D eigenvalue weighted by molar-refractivity contribution is -0.137. The summed E-state index contributed by atoms with van der Waals surface area (Å²) >= 11 is 0. The van der Waals surface area contributed by atoms with Crippen LogP contribution in [-0.4, -0.2) is 0 Å². The van der Waals surface area contributed by atoms with Crippen LogP contribution in [0.25, 0.3) is 0 Å². The SMILES string of the molecule is Fc1ccc(Oc2ccc(C(F)(F)F)cc2)cc1. The molecule has 2 rings (SSSR count). The summed E-state index contributed by atoms with van der Waals surface area (Å²) in [6.07, 6.45) is -4.37. The Bertz CT molecular complexity index is 514. The van der Waals surface area contributed by atoms with Crippen LogP contribution in [0.2, 0.25) is 0 Å². The number of rotatable bonds is 2. The van der Waals surface area contributed by atoms with E-state index >= 15 is 0 Å². The lowest BCUT2D eigenvalue weighted by Crippen LogP contribution is -2.03. The van der Waals surface area contributed by atoms with E-state index < -0.39 is 17.6 Å². The van der Waals surface area contributed by atoms with Crippen LogP contribution >= 0.6 is 0 Å². The Hall–Kier alpha value is -2.04. The second-order valence-electron chi connectivity index (χ2n) is 3.58. The third-order valence-corrected chi connectivity index (χ3v) is 2.23. The molecule has 18 heavy (non-hydrogen) atoms. The highest BCUT2D eigenvalue weighted by Gasteiger charge is 2.29. The molecule has 0 aliphatic rings. The number of halogens is 4. The smallest absolute Gasteiger partial charge is 0.416 e. The molecule has 94 valence electrons. The van der Waals surface area contributed by atoms with Crippen LogP contribution in [0.5, 0.6) is 11.5 Å². The van der Waals surface area contributed by atoms with Crippen LogP contribution in [0.15, 0.2) is 48.5 Å². The van der Waals surface area contributed by atoms with Gasteiger partial charge in [0, 0.05) is 0 Å². The van der Waals surface area contributed by atoms with Crippen molar-refractivity contribution in [2.75, 3.05) is 0 Å². The molecule has 0 saturated heterocycles. The summed E-state index contributed by atoms with van der Waals surface area (Å²) in [6, 6.07) is 9.49. The quantitative estimate of drug-likeness (QED) is 0.711. The second-order valence-corrected chi connectivity index (χ2v) is 3.58. The maximum atomic E-state index is 12.6. The molecule has 0 saturated carbocycles. The highest BCUT2D eigenvalue weighted by atomic mass is 19.4. The molecule has 0 aliphatic carbocycles. The molecule has 0 aliphatic heterocycles. The first-order valence-electron chi connectivity index (χ1n) is 5.06. The van der Waals surface area contributed by atoms with Gasteiger partial charge >= 0.3 is 6.18 Å². The minimum atomic E-state index is -4.37. The average molecular weight is 256 g/mol. The monoisotopic (exact) mass is 256 g/mol. The summed E-state index contributed by atoms with van der Waals surface area (Å²) in [7, 11) is 0. The number of hydrogen-bond acceptors (Lipinski definition) is 1. The van der Waals surface area contributed by atoms with Gasteiger partial charge in [-0.15, -0.1) is 0 Å². The first-order valence-corrected chi connectivity index (χ1v) is 5.06. The van der Waals surface area contributed by atoms with Crippen LogP contribution < -0.4 is 4.74 Å². The molecule has 0 radical (unpaired) electrons. The van der Waals surface area contributed by atoms with Crippen LogP contribution in [0.3, 0.4) is 0 Å². The van der Waals surface area contributed by atoms with Crippen molar-refractivity contribution in [1.29, 1.82) is 0 Å². The van der Waals surface area contributed by atoms with Crippen molar-refractivity contribution in [2.24, 2.45) is 0 Å². The molecule has 0 aromatic heterocycles. The van der Waals surface area contributed by atoms with E-state index in [2.05, 4.69) is 0 Å². The maximum absolute atomic E-state index is 12.6. The van der Waals surface area contributed by atoms with E-state index in [4.69, 9.17) is 4.74 Å². The summed E-state index contributed by atoms with van der Waals surface area (Å²) in [5.74, 6) is 0.209. The molecule has 0 spiro atoms. The molecule has 5 heteroatoms. The fraction of sp³-hybridized carbons (Fsp3) is 0.0769. The van der Waals surface area contributed by atoms with Gasteiger partial charge in [0.05, 0.1) is 5.56 Å². The zero-order chi connectivity index (χ0) is 13.2. The lowest BCUT2D eigenvalue weighted by atomic mass is 10.2. The lowest BCUT2D eigenvalue weighted by Gasteiger charge is -2.08. The van der Waals surface area contributed by atoms with Crippen LogP contribution in [-0.2, 0) is 6.18 Å². The Morgan fingerprint density at radius 2 is 1.17 bits per heavy atom. The molecule has 0 N–H and O–H groups in total. The Morgan fingerprint density at radius 3 is 1.61 bits per heavy atom. The van der Waals surface area contributed by atoms with E-state index in [-0.39, 0.29) is 5.75 Å². The van der Waals surface area contributed by atoms with Crippen LogP contribution in [0.1, 0.15) is 5.56 Å². The Morgan fingerprint density at radius 1 is 0.722 bits per heavy atom. The Balaban J connectivity index is 2.13. The minimum absolute atomic E-state index is 0.259. The Kier molecular flexibility index (Phi) is 3.23. The normalized spacial score (nSPS) is 11.3. The maximum Gasteiger partial charge on any atom is 0.416 e. The van der Waals surface area contributed by atoms with Gasteiger partial charge in [-0.3, -0.25) is 0 Å². The van der Waals surface area contributed by atoms with Gasteiger partial charge in [0.15, 0.2) is 0 Å². The molecule has 1 nitrogen and oxygen atoms in total. The molecule has 2 aromatic carbocycles. The van der Waals surface area contributed by atoms with Gasteiger partial charge in [0.2, 0.25) is 0 Å². The Labute approximate surface area is 101 Å². The first-order chi connectivity index (χ1) is 8.45. The van der Waals surface area contributed by atoms with E-state index in [0.717, 1.165) is 12.1 Å². The molecule has 2 aromatic rings. The molecule has 0 unspecified atom stereocenters. The van der Waals surface area contributed by atoms with Gasteiger partial charge in [-0.05, 0) is 48.5 Å². The molecule has 0 amide bonds. The van der Waals surface area contributed by atoms with Gasteiger partial charge in [-0.25, -0.2) is 4.39 Å². The van der Waals surface area contributed by atoms with Gasteiger partial charge in [0.25, 0.3) is 0 Å². The highest BCUT2D eigenvalue weighted by Crippen LogP contribution is 2.31. The number of alkyl halides is 3. The van der Waals surface area contributed by atoms with Crippen molar-refractivity contribution < 1.29 is 22.3 Å². The predicted molar refractivity (Wildman–Crippen MR) is 57.9 cm³/mol. The number of benzene rings is 2. The number of hydrogen-bond donors (Lipinski definition) is 0. The van der Waals surface area contributed by atoms with Gasteiger partial charge in [-0.2, -0.15) is 13.2 Å². The minimum Gasteiger partial charge on any atom is -0.457 e. The van der Waals surface area contributed by atoms with Crippen LogP contribution in [0, 0.1) is 5.82 Å². The summed E-state index contributed by atoms with van der Waals surface area (Å²) in [6.45, 7) is 0. The third kappa shape index (κ3) is 3.00. The fourth-order valence-corrected chi connectivity index (χ4v) is 1.35. The van der Waals surface area contributed by atoms with E-state index in [1.165, 1.54) is 36.4 Å². The van der Waals surface area contributed by atoms with Crippen molar-refractivity contribution in [3.63, 3.8) is 0 Å². The second kappa shape index (κ2) is 4.68. The zero-order valence-corrected chi connectivity index (χ0v) is 9.04. The topological polar surface area (TPSA) is 9.23 Å². The molecular formula is C13H8F4O. The van der Waals surface area contributed by atoms with Crippen molar-refractivity contribution in [3.8, 4) is 11.5 Å². The zero-order valence-electron chi connectivity index (χ0n) is 9.04. The average Bonchev–Trinajstić information content (AvgIpc) is 2.32. The third-order valence-electron chi connectivity index (χ3n) is 2.23. The fourth-order valence-electron chi connectivity index (χ4n) is 1.35. The highest BCUT2D eigenvalue weighted by molar-refractivity contribution is 5.33. The van der Waals surface area contributed by atoms with Crippen molar-refractivity contribution >= 4 is 0 Å². The van der Waals surface area contributed by atoms with Gasteiger partial charge < -0.3 is 4.74 Å². The predicted octanol–water partition coefficient (Wildman–Crippen LogP) is 4.64. The van der Waals surface area contributed by atoms with E-state index in [1.807, 2.05) is 0 Å². The first kappa shape index (κ1) is 12.4. The summed E-state index contributed by atoms with van der Waals surface area (Å²) in [4.78, 5) is 0. The largest absolute Gasteiger partial charge is 0.457 e. The summed E-state index contributed by atoms with van der Waals surface area (Å²) < 4.78 is 54.8. The van der Waals surface area contributed by atoms with Crippen molar-refractivity contribution in [3.05, 3.63) is 59.9 Å². The summed E-state index contributed by atoms with van der Waals surface area (Å²) in [5, 5.41) is 0. The summed E-state index contributed by atoms with van der Waals surface area (Å²) in [5.41, 5.74) is -0.742. The molecule has 0 bridgehead atoms. The number of ether oxygens (including phenoxy) is 1. The molecule has 0 fully saturated rings. The molecule has 0 heterocycles. The van der Waals surface area contributed by atoms with Gasteiger partial charge in [-0.1, -0.05) is 0 Å². The van der Waals surface area contributed by atoms with Crippen molar-refractivity contribution in [2.45, 2.75) is 6.18 Å². The van der Waals surface area contributed by atoms with E-state index in [0.29, 0.717) is 5.75 Å². The molecule has 0 atom stereocenters. The van der Waals surface area contributed by atoms with Crippen molar-refractivity contribution in [1.82, 2.24) is 0 Å². The van der Waals surface area contributed by atoms with Gasteiger partial charge in [0.1, 0.15) is 17.3 Å². The van der Waals surface area contributed by atoms with E-state index in [9.17, 15) is 17.6 Å². The molecular weight excluding hydrogens is 248 g/mol. The standard InChI is InChI=1S/C13H8F4O/c14-10-3-7-12(8-4-10)18-11-5-1-9(2-6-11)13(15,16)17/h1-8H.